The van der Waals surface area contributed by atoms with E-state index in [2.05, 4.69) is 47.7 Å². The minimum absolute atomic E-state index is 0.108. The SMILES string of the molecule is CCCCCCCCCCCCCCCCOC[C@H](CO)OCc1cc(F)cc(C#N)c1.CCCCCCCCCCCCCCCCOC[C@H](CO[Si](C)(C)C(C)(C)C)OCc1cc(F)cc(C#N)c1. The molecule has 0 heterocycles. The molecule has 0 radical (unpaired) electrons. The average Bonchev–Trinajstić information content (AvgIpc) is 3.34. The van der Waals surface area contributed by atoms with Crippen LogP contribution in [0.2, 0.25) is 18.1 Å². The lowest BCUT2D eigenvalue weighted by Crippen LogP contribution is -2.43. The third-order valence-electron chi connectivity index (χ3n) is 13.7. The zero-order valence-corrected chi connectivity index (χ0v) is 47.2. The van der Waals surface area contributed by atoms with E-state index < -0.39 is 26.1 Å². The summed E-state index contributed by atoms with van der Waals surface area (Å²) in [6.07, 6.45) is 36.7. The van der Waals surface area contributed by atoms with Crippen molar-refractivity contribution in [2.45, 2.75) is 258 Å². The molecule has 0 saturated carbocycles. The van der Waals surface area contributed by atoms with Crippen LogP contribution in [-0.4, -0.2) is 65.3 Å². The summed E-state index contributed by atoms with van der Waals surface area (Å²) >= 11 is 0. The minimum Gasteiger partial charge on any atom is -0.414 e. The maximum absolute atomic E-state index is 13.8. The van der Waals surface area contributed by atoms with Gasteiger partial charge in [0.15, 0.2) is 8.32 Å². The molecule has 2 rings (SSSR count). The first-order valence-electron chi connectivity index (χ1n) is 28.3. The lowest BCUT2D eigenvalue weighted by molar-refractivity contribution is -0.0503. The van der Waals surface area contributed by atoms with E-state index in [4.69, 9.17) is 33.9 Å². The highest BCUT2D eigenvalue weighted by Crippen LogP contribution is 2.36. The molecule has 0 amide bonds. The van der Waals surface area contributed by atoms with Gasteiger partial charge in [0, 0.05) is 13.2 Å². The number of hydrogen-bond donors (Lipinski definition) is 1. The van der Waals surface area contributed by atoms with Crippen molar-refractivity contribution in [3.8, 4) is 12.1 Å². The molecule has 2 atom stereocenters. The Morgan fingerprint density at radius 3 is 1.14 bits per heavy atom. The van der Waals surface area contributed by atoms with Crippen LogP contribution in [0.5, 0.6) is 0 Å². The number of aliphatic hydroxyl groups excluding tert-OH is 1. The maximum Gasteiger partial charge on any atom is 0.192 e. The third kappa shape index (κ3) is 36.8. The number of aliphatic hydroxyl groups is 1. The van der Waals surface area contributed by atoms with Crippen molar-refractivity contribution in [3.63, 3.8) is 0 Å². The molecule has 0 fully saturated rings. The van der Waals surface area contributed by atoms with Crippen LogP contribution in [0.4, 0.5) is 8.78 Å². The second kappa shape index (κ2) is 43.6. The Balaban J connectivity index is 0.000000724. The molecule has 0 aliphatic rings. The van der Waals surface area contributed by atoms with Crippen LogP contribution in [0.25, 0.3) is 0 Å². The van der Waals surface area contributed by atoms with Gasteiger partial charge in [-0.15, -0.1) is 0 Å². The van der Waals surface area contributed by atoms with Gasteiger partial charge in [-0.3, -0.25) is 0 Å². The summed E-state index contributed by atoms with van der Waals surface area (Å²) in [7, 11) is -1.93. The van der Waals surface area contributed by atoms with Crippen molar-refractivity contribution in [1.29, 1.82) is 10.5 Å². The molecule has 2 aromatic rings. The number of unbranched alkanes of at least 4 members (excludes halogenated alkanes) is 26. The summed E-state index contributed by atoms with van der Waals surface area (Å²) in [6.45, 7) is 18.5. The lowest BCUT2D eigenvalue weighted by Gasteiger charge is -2.37. The fourth-order valence-electron chi connectivity index (χ4n) is 8.07. The van der Waals surface area contributed by atoms with E-state index in [0.29, 0.717) is 43.1 Å². The van der Waals surface area contributed by atoms with Gasteiger partial charge in [0.1, 0.15) is 23.8 Å². The van der Waals surface area contributed by atoms with Crippen LogP contribution in [0.1, 0.15) is 237 Å². The van der Waals surface area contributed by atoms with E-state index in [1.807, 2.05) is 12.1 Å². The third-order valence-corrected chi connectivity index (χ3v) is 18.2. The van der Waals surface area contributed by atoms with Gasteiger partial charge in [0.2, 0.25) is 0 Å². The lowest BCUT2D eigenvalue weighted by atomic mass is 10.0. The summed E-state index contributed by atoms with van der Waals surface area (Å²) < 4.78 is 57.0. The van der Waals surface area contributed by atoms with Gasteiger partial charge in [-0.05, 0) is 78.5 Å². The number of halogens is 2. The van der Waals surface area contributed by atoms with E-state index in [9.17, 15) is 13.9 Å². The Bertz CT molecular complexity index is 1660. The Labute approximate surface area is 434 Å². The van der Waals surface area contributed by atoms with Crippen molar-refractivity contribution in [1.82, 2.24) is 0 Å². The van der Waals surface area contributed by atoms with Crippen molar-refractivity contribution in [2.75, 3.05) is 39.6 Å². The first-order valence-corrected chi connectivity index (χ1v) is 31.2. The molecular weight excluding hydrogens is 911 g/mol. The molecule has 0 bridgehead atoms. The van der Waals surface area contributed by atoms with E-state index in [-0.39, 0.29) is 36.5 Å². The van der Waals surface area contributed by atoms with Crippen LogP contribution in [0, 0.1) is 34.3 Å². The van der Waals surface area contributed by atoms with Gasteiger partial charge in [-0.2, -0.15) is 10.5 Å². The second-order valence-corrected chi connectivity index (χ2v) is 26.2. The molecule has 0 aliphatic heterocycles. The highest BCUT2D eigenvalue weighted by atomic mass is 28.4. The van der Waals surface area contributed by atoms with Gasteiger partial charge in [-0.1, -0.05) is 202 Å². The molecule has 0 aromatic heterocycles. The average molecular weight is 1010 g/mol. The highest BCUT2D eigenvalue weighted by molar-refractivity contribution is 6.74. The smallest absolute Gasteiger partial charge is 0.192 e. The Hall–Kier alpha value is -2.74. The topological polar surface area (TPSA) is 114 Å². The number of benzene rings is 2. The molecular formula is C60H102F2N2O6Si. The Morgan fingerprint density at radius 1 is 0.493 bits per heavy atom. The van der Waals surface area contributed by atoms with Crippen LogP contribution in [0.15, 0.2) is 36.4 Å². The molecule has 0 saturated heterocycles. The van der Waals surface area contributed by atoms with E-state index in [1.54, 1.807) is 12.1 Å². The number of nitriles is 2. The van der Waals surface area contributed by atoms with Gasteiger partial charge in [0.25, 0.3) is 0 Å². The highest BCUT2D eigenvalue weighted by Gasteiger charge is 2.37. The molecule has 0 spiro atoms. The van der Waals surface area contributed by atoms with Crippen molar-refractivity contribution < 1.29 is 37.3 Å². The fraction of sp³-hybridized carbons (Fsp3) is 0.767. The summed E-state index contributed by atoms with van der Waals surface area (Å²) in [4.78, 5) is 0. The molecule has 1 N–H and O–H groups in total. The molecule has 0 unspecified atom stereocenters. The maximum atomic E-state index is 13.8. The van der Waals surface area contributed by atoms with E-state index >= 15 is 0 Å². The summed E-state index contributed by atoms with van der Waals surface area (Å²) in [5.41, 5.74) is 1.79. The van der Waals surface area contributed by atoms with Crippen molar-refractivity contribution in [2.24, 2.45) is 0 Å². The number of nitrogens with zero attached hydrogens (tertiary/aromatic N) is 2. The van der Waals surface area contributed by atoms with Crippen molar-refractivity contribution in [3.05, 3.63) is 70.3 Å². The van der Waals surface area contributed by atoms with Crippen LogP contribution in [-0.2, 0) is 36.6 Å². The van der Waals surface area contributed by atoms with E-state index in [0.717, 1.165) is 19.4 Å². The van der Waals surface area contributed by atoms with Crippen LogP contribution < -0.4 is 0 Å². The van der Waals surface area contributed by atoms with Gasteiger partial charge in [0.05, 0.1) is 62.9 Å². The molecule has 11 heteroatoms. The largest absolute Gasteiger partial charge is 0.414 e. The van der Waals surface area contributed by atoms with Crippen molar-refractivity contribution >= 4 is 8.32 Å². The second-order valence-electron chi connectivity index (χ2n) is 21.4. The molecule has 0 aliphatic carbocycles. The molecule has 2 aromatic carbocycles. The number of rotatable bonds is 44. The fourth-order valence-corrected chi connectivity index (χ4v) is 9.10. The van der Waals surface area contributed by atoms with Gasteiger partial charge in [-0.25, -0.2) is 8.78 Å². The standard InChI is InChI=1S/C33H58FNO3Si.C27H44FNO3/c1-7-8-9-10-11-12-13-14-15-16-17-18-19-20-21-36-27-32(28-38-39(5,6)33(2,3)4)37-26-30-22-29(25-35)23-31(34)24-30;1-2-3-4-5-6-7-8-9-10-11-12-13-14-15-16-31-23-27(21-30)32-22-25-17-24(20-29)18-26(28)19-25/h22-24,32H,7-21,26-28H2,1-6H3;17-19,27,30H,2-16,21-23H2,1H3/t32-;27-/m10/s1. The van der Waals surface area contributed by atoms with Crippen LogP contribution in [0.3, 0.4) is 0 Å². The normalized spacial score (nSPS) is 12.6. The Morgan fingerprint density at radius 2 is 0.817 bits per heavy atom. The summed E-state index contributed by atoms with van der Waals surface area (Å²) in [5.74, 6) is -0.881. The van der Waals surface area contributed by atoms with E-state index in [1.165, 1.54) is 191 Å². The number of ether oxygens (including phenoxy) is 4. The number of hydrogen-bond acceptors (Lipinski definition) is 8. The summed E-state index contributed by atoms with van der Waals surface area (Å²) in [6, 6.07) is 12.4. The summed E-state index contributed by atoms with van der Waals surface area (Å²) in [5, 5.41) is 27.6. The first kappa shape index (κ1) is 66.3. The monoisotopic (exact) mass is 1010 g/mol. The molecule has 71 heavy (non-hydrogen) atoms. The van der Waals surface area contributed by atoms with Gasteiger partial charge >= 0.3 is 0 Å². The first-order chi connectivity index (χ1) is 34.3. The van der Waals surface area contributed by atoms with Gasteiger partial charge < -0.3 is 28.5 Å². The van der Waals surface area contributed by atoms with Crippen LogP contribution >= 0.6 is 0 Å². The quantitative estimate of drug-likeness (QED) is 0.0516. The zero-order chi connectivity index (χ0) is 52.3. The predicted molar refractivity (Wildman–Crippen MR) is 292 cm³/mol. The Kier molecular flexibility index (Phi) is 40.7. The molecule has 8 nitrogen and oxygen atoms in total. The molecule has 406 valence electrons. The zero-order valence-electron chi connectivity index (χ0n) is 46.2. The minimum atomic E-state index is -1.93. The predicted octanol–water partition coefficient (Wildman–Crippen LogP) is 17.2.